The van der Waals surface area contributed by atoms with E-state index in [-0.39, 0.29) is 5.54 Å². The first-order valence-corrected chi connectivity index (χ1v) is 7.63. The Hall–Kier alpha value is -0.570. The van der Waals surface area contributed by atoms with E-state index in [9.17, 15) is 4.79 Å². The summed E-state index contributed by atoms with van der Waals surface area (Å²) >= 11 is 0. The Kier molecular flexibility index (Phi) is 6.13. The van der Waals surface area contributed by atoms with Gasteiger partial charge in [0, 0.05) is 12.6 Å². The standard InChI is InChI=1S/C15H30N2O/c1-5-7-8-12-17(13(3)4)14(18)15(6-2)10-9-11-16-15/h13,16H,5-12H2,1-4H3. The second-order valence-electron chi connectivity index (χ2n) is 5.77. The van der Waals surface area contributed by atoms with Crippen LogP contribution in [0.5, 0.6) is 0 Å². The number of rotatable bonds is 7. The van der Waals surface area contributed by atoms with E-state index < -0.39 is 0 Å². The number of carbonyl (C=O) groups is 1. The van der Waals surface area contributed by atoms with Crippen LogP contribution in [-0.2, 0) is 4.79 Å². The summed E-state index contributed by atoms with van der Waals surface area (Å²) in [6.45, 7) is 10.5. The van der Waals surface area contributed by atoms with Gasteiger partial charge >= 0.3 is 0 Å². The van der Waals surface area contributed by atoms with Crippen LogP contribution in [0, 0.1) is 0 Å². The summed E-state index contributed by atoms with van der Waals surface area (Å²) in [5.41, 5.74) is -0.267. The number of hydrogen-bond donors (Lipinski definition) is 1. The van der Waals surface area contributed by atoms with Crippen molar-refractivity contribution >= 4 is 5.91 Å². The molecule has 1 heterocycles. The fourth-order valence-corrected chi connectivity index (χ4v) is 2.84. The van der Waals surface area contributed by atoms with Crippen molar-refractivity contribution in [1.82, 2.24) is 10.2 Å². The lowest BCUT2D eigenvalue weighted by atomic mass is 9.91. The van der Waals surface area contributed by atoms with E-state index in [1.807, 2.05) is 0 Å². The molecular weight excluding hydrogens is 224 g/mol. The molecule has 0 spiro atoms. The molecule has 0 radical (unpaired) electrons. The van der Waals surface area contributed by atoms with Crippen molar-refractivity contribution in [2.45, 2.75) is 77.8 Å². The third kappa shape index (κ3) is 3.47. The van der Waals surface area contributed by atoms with Gasteiger partial charge in [-0.3, -0.25) is 4.79 Å². The number of unbranched alkanes of at least 4 members (excludes halogenated alkanes) is 2. The predicted octanol–water partition coefficient (Wildman–Crippen LogP) is 2.95. The van der Waals surface area contributed by atoms with Gasteiger partial charge < -0.3 is 10.2 Å². The van der Waals surface area contributed by atoms with Crippen molar-refractivity contribution < 1.29 is 4.79 Å². The van der Waals surface area contributed by atoms with Crippen molar-refractivity contribution in [3.05, 3.63) is 0 Å². The van der Waals surface area contributed by atoms with Crippen LogP contribution in [0.25, 0.3) is 0 Å². The summed E-state index contributed by atoms with van der Waals surface area (Å²) in [5, 5.41) is 3.45. The molecule has 1 amide bonds. The van der Waals surface area contributed by atoms with Crippen LogP contribution in [0.15, 0.2) is 0 Å². The summed E-state index contributed by atoms with van der Waals surface area (Å²) in [4.78, 5) is 14.9. The largest absolute Gasteiger partial charge is 0.339 e. The molecule has 1 atom stereocenters. The SMILES string of the molecule is CCCCCN(C(=O)C1(CC)CCCN1)C(C)C. The molecule has 3 nitrogen and oxygen atoms in total. The third-order valence-electron chi connectivity index (χ3n) is 4.14. The fourth-order valence-electron chi connectivity index (χ4n) is 2.84. The molecule has 1 rings (SSSR count). The average molecular weight is 254 g/mol. The van der Waals surface area contributed by atoms with E-state index in [2.05, 4.69) is 37.9 Å². The first kappa shape index (κ1) is 15.5. The van der Waals surface area contributed by atoms with E-state index in [4.69, 9.17) is 0 Å². The number of amides is 1. The maximum Gasteiger partial charge on any atom is 0.243 e. The highest BCUT2D eigenvalue weighted by molar-refractivity contribution is 5.87. The molecule has 1 aliphatic heterocycles. The van der Waals surface area contributed by atoms with Gasteiger partial charge in [-0.1, -0.05) is 26.7 Å². The Bertz CT molecular complexity index is 257. The molecule has 3 heteroatoms. The minimum atomic E-state index is -0.267. The summed E-state index contributed by atoms with van der Waals surface area (Å²) in [5.74, 6) is 0.327. The van der Waals surface area contributed by atoms with E-state index in [1.54, 1.807) is 0 Å². The second-order valence-corrected chi connectivity index (χ2v) is 5.77. The maximum atomic E-state index is 12.8. The van der Waals surface area contributed by atoms with Gasteiger partial charge in [-0.25, -0.2) is 0 Å². The third-order valence-corrected chi connectivity index (χ3v) is 4.14. The molecule has 106 valence electrons. The molecule has 1 saturated heterocycles. The van der Waals surface area contributed by atoms with Gasteiger partial charge in [-0.05, 0) is 46.1 Å². The Labute approximate surface area is 112 Å². The van der Waals surface area contributed by atoms with Crippen LogP contribution in [0.1, 0.15) is 66.2 Å². The van der Waals surface area contributed by atoms with Crippen molar-refractivity contribution in [3.8, 4) is 0 Å². The van der Waals surface area contributed by atoms with Gasteiger partial charge in [-0.2, -0.15) is 0 Å². The topological polar surface area (TPSA) is 32.3 Å². The van der Waals surface area contributed by atoms with Crippen molar-refractivity contribution in [2.75, 3.05) is 13.1 Å². The van der Waals surface area contributed by atoms with E-state index in [0.717, 1.165) is 38.8 Å². The zero-order valence-corrected chi connectivity index (χ0v) is 12.6. The number of nitrogens with one attached hydrogen (secondary N) is 1. The molecule has 1 unspecified atom stereocenters. The molecule has 0 aromatic rings. The van der Waals surface area contributed by atoms with Gasteiger partial charge in [0.15, 0.2) is 0 Å². The van der Waals surface area contributed by atoms with Crippen molar-refractivity contribution in [2.24, 2.45) is 0 Å². The molecule has 1 N–H and O–H groups in total. The Balaban J connectivity index is 2.68. The molecule has 18 heavy (non-hydrogen) atoms. The summed E-state index contributed by atoms with van der Waals surface area (Å²) in [6.07, 6.45) is 6.57. The van der Waals surface area contributed by atoms with Gasteiger partial charge in [0.25, 0.3) is 0 Å². The second kappa shape index (κ2) is 7.13. The number of carbonyl (C=O) groups excluding carboxylic acids is 1. The lowest BCUT2D eigenvalue weighted by Crippen LogP contribution is -2.56. The highest BCUT2D eigenvalue weighted by atomic mass is 16.2. The predicted molar refractivity (Wildman–Crippen MR) is 76.6 cm³/mol. The molecule has 0 aliphatic carbocycles. The Morgan fingerprint density at radius 2 is 2.06 bits per heavy atom. The molecule has 1 aliphatic rings. The van der Waals surface area contributed by atoms with Gasteiger partial charge in [0.2, 0.25) is 5.91 Å². The minimum Gasteiger partial charge on any atom is -0.339 e. The maximum absolute atomic E-state index is 12.8. The number of hydrogen-bond acceptors (Lipinski definition) is 2. The van der Waals surface area contributed by atoms with Crippen LogP contribution >= 0.6 is 0 Å². The normalized spacial score (nSPS) is 23.6. The lowest BCUT2D eigenvalue weighted by molar-refractivity contribution is -0.139. The Morgan fingerprint density at radius 3 is 2.50 bits per heavy atom. The van der Waals surface area contributed by atoms with Crippen molar-refractivity contribution in [1.29, 1.82) is 0 Å². The number of nitrogens with zero attached hydrogens (tertiary/aromatic N) is 1. The molecular formula is C15H30N2O. The highest BCUT2D eigenvalue weighted by Gasteiger charge is 2.42. The molecule has 0 aromatic carbocycles. The summed E-state index contributed by atoms with van der Waals surface area (Å²) in [7, 11) is 0. The van der Waals surface area contributed by atoms with E-state index >= 15 is 0 Å². The Morgan fingerprint density at radius 1 is 1.33 bits per heavy atom. The van der Waals surface area contributed by atoms with E-state index in [0.29, 0.717) is 11.9 Å². The zero-order valence-electron chi connectivity index (χ0n) is 12.6. The zero-order chi connectivity index (χ0) is 13.6. The van der Waals surface area contributed by atoms with Crippen molar-refractivity contribution in [3.63, 3.8) is 0 Å². The fraction of sp³-hybridized carbons (Fsp3) is 0.933. The van der Waals surface area contributed by atoms with Crippen LogP contribution in [0.3, 0.4) is 0 Å². The van der Waals surface area contributed by atoms with Crippen LogP contribution in [0.2, 0.25) is 0 Å². The van der Waals surface area contributed by atoms with Gasteiger partial charge in [0.1, 0.15) is 0 Å². The molecule has 0 bridgehead atoms. The monoisotopic (exact) mass is 254 g/mol. The summed E-state index contributed by atoms with van der Waals surface area (Å²) in [6, 6.07) is 0.306. The highest BCUT2D eigenvalue weighted by Crippen LogP contribution is 2.26. The molecule has 0 saturated carbocycles. The first-order valence-electron chi connectivity index (χ1n) is 7.63. The smallest absolute Gasteiger partial charge is 0.243 e. The summed E-state index contributed by atoms with van der Waals surface area (Å²) < 4.78 is 0. The van der Waals surface area contributed by atoms with Crippen LogP contribution in [0.4, 0.5) is 0 Å². The van der Waals surface area contributed by atoms with Crippen LogP contribution < -0.4 is 5.32 Å². The van der Waals surface area contributed by atoms with Crippen LogP contribution in [-0.4, -0.2) is 35.5 Å². The first-order chi connectivity index (χ1) is 8.57. The van der Waals surface area contributed by atoms with Gasteiger partial charge in [0.05, 0.1) is 5.54 Å². The minimum absolute atomic E-state index is 0.267. The average Bonchev–Trinajstić information content (AvgIpc) is 2.83. The van der Waals surface area contributed by atoms with E-state index in [1.165, 1.54) is 12.8 Å². The van der Waals surface area contributed by atoms with Gasteiger partial charge in [-0.15, -0.1) is 0 Å². The molecule has 0 aromatic heterocycles. The quantitative estimate of drug-likeness (QED) is 0.708. The lowest BCUT2D eigenvalue weighted by Gasteiger charge is -2.36. The molecule has 1 fully saturated rings.